The van der Waals surface area contributed by atoms with E-state index in [2.05, 4.69) is 9.97 Å². The lowest BCUT2D eigenvalue weighted by atomic mass is 10.2. The van der Waals surface area contributed by atoms with Gasteiger partial charge >= 0.3 is 11.9 Å². The van der Waals surface area contributed by atoms with Gasteiger partial charge in [0.1, 0.15) is 5.60 Å². The molecule has 0 atom stereocenters. The molecule has 0 N–H and O–H groups in total. The second-order valence-electron chi connectivity index (χ2n) is 4.88. The molecule has 0 saturated carbocycles. The highest BCUT2D eigenvalue weighted by Gasteiger charge is 2.19. The van der Waals surface area contributed by atoms with Gasteiger partial charge in [-0.2, -0.15) is 0 Å². The SMILES string of the molecule is CCOC(=O)Cc1cnc(C(=O)OC(C)(C)C)cn1. The molecule has 1 heterocycles. The second kappa shape index (κ2) is 6.26. The first-order valence-corrected chi connectivity index (χ1v) is 6.01. The first-order chi connectivity index (χ1) is 8.81. The molecule has 0 fully saturated rings. The van der Waals surface area contributed by atoms with Gasteiger partial charge in [0.15, 0.2) is 5.69 Å². The van der Waals surface area contributed by atoms with E-state index in [-0.39, 0.29) is 18.1 Å². The van der Waals surface area contributed by atoms with Crippen LogP contribution in [-0.4, -0.2) is 34.1 Å². The highest BCUT2D eigenvalue weighted by Crippen LogP contribution is 2.10. The molecule has 0 saturated heterocycles. The molecule has 19 heavy (non-hydrogen) atoms. The molecule has 6 nitrogen and oxygen atoms in total. The van der Waals surface area contributed by atoms with Crippen LogP contribution in [-0.2, 0) is 20.7 Å². The van der Waals surface area contributed by atoms with Crippen molar-refractivity contribution in [3.63, 3.8) is 0 Å². The van der Waals surface area contributed by atoms with Crippen LogP contribution in [0.4, 0.5) is 0 Å². The zero-order valence-electron chi connectivity index (χ0n) is 11.6. The summed E-state index contributed by atoms with van der Waals surface area (Å²) in [5.74, 6) is -0.912. The zero-order valence-corrected chi connectivity index (χ0v) is 11.6. The van der Waals surface area contributed by atoms with Gasteiger partial charge in [-0.25, -0.2) is 9.78 Å². The van der Waals surface area contributed by atoms with E-state index in [1.165, 1.54) is 12.4 Å². The molecule has 0 aliphatic rings. The number of hydrogen-bond acceptors (Lipinski definition) is 6. The molecule has 1 aromatic rings. The number of nitrogens with zero attached hydrogens (tertiary/aromatic N) is 2. The Kier molecular flexibility index (Phi) is 4.97. The lowest BCUT2D eigenvalue weighted by molar-refractivity contribution is -0.142. The number of carbonyl (C=O) groups is 2. The lowest BCUT2D eigenvalue weighted by Crippen LogP contribution is -2.24. The molecule has 0 aliphatic carbocycles. The lowest BCUT2D eigenvalue weighted by Gasteiger charge is -2.18. The Hall–Kier alpha value is -1.98. The molecule has 0 bridgehead atoms. The summed E-state index contributed by atoms with van der Waals surface area (Å²) in [6, 6.07) is 0. The van der Waals surface area contributed by atoms with Gasteiger partial charge < -0.3 is 9.47 Å². The van der Waals surface area contributed by atoms with Gasteiger partial charge in [0.25, 0.3) is 0 Å². The van der Waals surface area contributed by atoms with Crippen molar-refractivity contribution in [1.29, 1.82) is 0 Å². The van der Waals surface area contributed by atoms with Gasteiger partial charge in [-0.1, -0.05) is 0 Å². The van der Waals surface area contributed by atoms with E-state index in [0.29, 0.717) is 12.3 Å². The highest BCUT2D eigenvalue weighted by molar-refractivity contribution is 5.87. The van der Waals surface area contributed by atoms with Crippen molar-refractivity contribution in [2.24, 2.45) is 0 Å². The van der Waals surface area contributed by atoms with Crippen molar-refractivity contribution in [3.8, 4) is 0 Å². The molecule has 0 radical (unpaired) electrons. The Bertz CT molecular complexity index is 449. The summed E-state index contributed by atoms with van der Waals surface area (Å²) < 4.78 is 9.94. The summed E-state index contributed by atoms with van der Waals surface area (Å²) >= 11 is 0. The van der Waals surface area contributed by atoms with Gasteiger partial charge in [0.05, 0.1) is 24.9 Å². The molecular formula is C13H18N2O4. The number of esters is 2. The predicted molar refractivity (Wildman–Crippen MR) is 67.5 cm³/mol. The van der Waals surface area contributed by atoms with Crippen LogP contribution < -0.4 is 0 Å². The average molecular weight is 266 g/mol. The van der Waals surface area contributed by atoms with E-state index in [1.54, 1.807) is 27.7 Å². The fraction of sp³-hybridized carbons (Fsp3) is 0.538. The van der Waals surface area contributed by atoms with Gasteiger partial charge in [-0.05, 0) is 27.7 Å². The van der Waals surface area contributed by atoms with Crippen molar-refractivity contribution < 1.29 is 19.1 Å². The zero-order chi connectivity index (χ0) is 14.5. The minimum Gasteiger partial charge on any atom is -0.466 e. The smallest absolute Gasteiger partial charge is 0.359 e. The van der Waals surface area contributed by atoms with Crippen LogP contribution >= 0.6 is 0 Å². The second-order valence-corrected chi connectivity index (χ2v) is 4.88. The van der Waals surface area contributed by atoms with Gasteiger partial charge in [0.2, 0.25) is 0 Å². The van der Waals surface area contributed by atoms with Crippen LogP contribution in [0.2, 0.25) is 0 Å². The standard InChI is InChI=1S/C13H18N2O4/c1-5-18-11(16)6-9-7-15-10(8-14-9)12(17)19-13(2,3)4/h7-8H,5-6H2,1-4H3. The highest BCUT2D eigenvalue weighted by atomic mass is 16.6. The Balaban J connectivity index is 2.66. The van der Waals surface area contributed by atoms with Crippen molar-refractivity contribution in [3.05, 3.63) is 23.8 Å². The fourth-order valence-corrected chi connectivity index (χ4v) is 1.24. The molecule has 0 aromatic carbocycles. The molecule has 0 amide bonds. The number of hydrogen-bond donors (Lipinski definition) is 0. The van der Waals surface area contributed by atoms with E-state index in [0.717, 1.165) is 0 Å². The van der Waals surface area contributed by atoms with E-state index in [9.17, 15) is 9.59 Å². The number of carbonyl (C=O) groups excluding carboxylic acids is 2. The maximum atomic E-state index is 11.7. The van der Waals surface area contributed by atoms with Gasteiger partial charge in [0, 0.05) is 6.20 Å². The molecular weight excluding hydrogens is 248 g/mol. The maximum absolute atomic E-state index is 11.7. The van der Waals surface area contributed by atoms with Crippen LogP contribution in [0.1, 0.15) is 43.9 Å². The first-order valence-electron chi connectivity index (χ1n) is 6.01. The average Bonchev–Trinajstić information content (AvgIpc) is 2.27. The topological polar surface area (TPSA) is 78.4 Å². The van der Waals surface area contributed by atoms with E-state index < -0.39 is 11.6 Å². The number of ether oxygens (including phenoxy) is 2. The van der Waals surface area contributed by atoms with Crippen LogP contribution in [0.3, 0.4) is 0 Å². The monoisotopic (exact) mass is 266 g/mol. The minimum absolute atomic E-state index is 0.0371. The summed E-state index contributed by atoms with van der Waals surface area (Å²) in [6.45, 7) is 7.37. The Labute approximate surface area is 112 Å². The van der Waals surface area contributed by atoms with Gasteiger partial charge in [-0.15, -0.1) is 0 Å². The summed E-state index contributed by atoms with van der Waals surface area (Å²) in [6.07, 6.45) is 2.70. The third-order valence-electron chi connectivity index (χ3n) is 1.94. The van der Waals surface area contributed by atoms with E-state index >= 15 is 0 Å². The summed E-state index contributed by atoms with van der Waals surface area (Å²) in [5.41, 5.74) is -0.0178. The quantitative estimate of drug-likeness (QED) is 0.769. The van der Waals surface area contributed by atoms with Crippen LogP contribution in [0.25, 0.3) is 0 Å². The van der Waals surface area contributed by atoms with E-state index in [1.807, 2.05) is 0 Å². The maximum Gasteiger partial charge on any atom is 0.359 e. The first kappa shape index (κ1) is 15.1. The van der Waals surface area contributed by atoms with Crippen molar-refractivity contribution in [2.75, 3.05) is 6.61 Å². The normalized spacial score (nSPS) is 10.9. The molecule has 104 valence electrons. The molecule has 0 unspecified atom stereocenters. The third-order valence-corrected chi connectivity index (χ3v) is 1.94. The molecule has 0 spiro atoms. The van der Waals surface area contributed by atoms with E-state index in [4.69, 9.17) is 9.47 Å². The summed E-state index contributed by atoms with van der Waals surface area (Å²) in [4.78, 5) is 30.8. The van der Waals surface area contributed by atoms with Gasteiger partial charge in [-0.3, -0.25) is 9.78 Å². The Morgan fingerprint density at radius 1 is 1.21 bits per heavy atom. The van der Waals surface area contributed by atoms with Crippen molar-refractivity contribution in [2.45, 2.75) is 39.7 Å². The van der Waals surface area contributed by atoms with Crippen LogP contribution in [0, 0.1) is 0 Å². The number of aromatic nitrogens is 2. The number of rotatable bonds is 4. The predicted octanol–water partition coefficient (Wildman–Crippen LogP) is 1.54. The molecule has 0 aliphatic heterocycles. The largest absolute Gasteiger partial charge is 0.466 e. The minimum atomic E-state index is -0.581. The third kappa shape index (κ3) is 5.46. The van der Waals surface area contributed by atoms with Crippen LogP contribution in [0.15, 0.2) is 12.4 Å². The van der Waals surface area contributed by atoms with Crippen LogP contribution in [0.5, 0.6) is 0 Å². The molecule has 1 rings (SSSR count). The Morgan fingerprint density at radius 2 is 1.89 bits per heavy atom. The molecule has 1 aromatic heterocycles. The fourth-order valence-electron chi connectivity index (χ4n) is 1.24. The van der Waals surface area contributed by atoms with Crippen molar-refractivity contribution >= 4 is 11.9 Å². The summed E-state index contributed by atoms with van der Waals surface area (Å²) in [5, 5.41) is 0. The Morgan fingerprint density at radius 3 is 2.37 bits per heavy atom. The summed E-state index contributed by atoms with van der Waals surface area (Å²) in [7, 11) is 0. The molecule has 6 heteroatoms. The van der Waals surface area contributed by atoms with Crippen molar-refractivity contribution in [1.82, 2.24) is 9.97 Å².